The van der Waals surface area contributed by atoms with E-state index in [4.69, 9.17) is 15.5 Å². The second kappa shape index (κ2) is 5.54. The molecule has 2 aromatic rings. The maximum Gasteiger partial charge on any atom is 0.123 e. The van der Waals surface area contributed by atoms with Crippen molar-refractivity contribution >= 4 is 11.3 Å². The molecule has 1 saturated carbocycles. The lowest BCUT2D eigenvalue weighted by Gasteiger charge is -2.03. The first kappa shape index (κ1) is 13.6. The van der Waals surface area contributed by atoms with E-state index in [1.807, 2.05) is 26.0 Å². The fraction of sp³-hybridized carbons (Fsp3) is 0.438. The van der Waals surface area contributed by atoms with Gasteiger partial charge < -0.3 is 10.5 Å². The molecule has 2 N–H and O–H groups in total. The molecule has 0 amide bonds. The van der Waals surface area contributed by atoms with Crippen LogP contribution in [0.5, 0.6) is 5.75 Å². The summed E-state index contributed by atoms with van der Waals surface area (Å²) in [5.74, 6) is 1.55. The van der Waals surface area contributed by atoms with Crippen molar-refractivity contribution in [2.24, 2.45) is 5.73 Å². The molecule has 3 nitrogen and oxygen atoms in total. The molecule has 1 aliphatic carbocycles. The SMILES string of the molecule is CCOc1ccc(-c2nc(C3CC3)c(C(C)N)s2)cc1. The van der Waals surface area contributed by atoms with Gasteiger partial charge in [-0.05, 0) is 51.0 Å². The molecular weight excluding hydrogens is 268 g/mol. The summed E-state index contributed by atoms with van der Waals surface area (Å²) in [6, 6.07) is 8.22. The molecule has 1 heterocycles. The maximum absolute atomic E-state index is 6.09. The fourth-order valence-corrected chi connectivity index (χ4v) is 3.41. The van der Waals surface area contributed by atoms with Gasteiger partial charge in [0.15, 0.2) is 0 Å². The molecule has 1 aliphatic rings. The van der Waals surface area contributed by atoms with Crippen molar-refractivity contribution in [3.63, 3.8) is 0 Å². The van der Waals surface area contributed by atoms with Crippen molar-refractivity contribution in [3.05, 3.63) is 34.8 Å². The quantitative estimate of drug-likeness (QED) is 0.901. The number of thiazole rings is 1. The van der Waals surface area contributed by atoms with Crippen LogP contribution in [0.1, 0.15) is 49.2 Å². The molecule has 0 spiro atoms. The summed E-state index contributed by atoms with van der Waals surface area (Å²) < 4.78 is 5.48. The Kier molecular flexibility index (Phi) is 3.76. The van der Waals surface area contributed by atoms with Gasteiger partial charge in [0.05, 0.1) is 12.3 Å². The van der Waals surface area contributed by atoms with Gasteiger partial charge in [0.2, 0.25) is 0 Å². The molecule has 0 bridgehead atoms. The van der Waals surface area contributed by atoms with E-state index >= 15 is 0 Å². The number of ether oxygens (including phenoxy) is 1. The highest BCUT2D eigenvalue weighted by molar-refractivity contribution is 7.15. The number of rotatable bonds is 5. The van der Waals surface area contributed by atoms with Crippen molar-refractivity contribution in [2.45, 2.75) is 38.6 Å². The number of nitrogens with two attached hydrogens (primary N) is 1. The summed E-state index contributed by atoms with van der Waals surface area (Å²) in [5.41, 5.74) is 8.46. The molecule has 1 aromatic heterocycles. The first-order valence-electron chi connectivity index (χ1n) is 7.18. The minimum atomic E-state index is 0.0690. The number of nitrogens with zero attached hydrogens (tertiary/aromatic N) is 1. The van der Waals surface area contributed by atoms with Gasteiger partial charge in [0.1, 0.15) is 10.8 Å². The van der Waals surface area contributed by atoms with E-state index in [9.17, 15) is 0 Å². The molecule has 106 valence electrons. The number of benzene rings is 1. The van der Waals surface area contributed by atoms with Gasteiger partial charge in [-0.25, -0.2) is 4.98 Å². The Morgan fingerprint density at radius 3 is 2.60 bits per heavy atom. The summed E-state index contributed by atoms with van der Waals surface area (Å²) in [4.78, 5) is 6.08. The van der Waals surface area contributed by atoms with E-state index in [0.717, 1.165) is 16.3 Å². The number of hydrogen-bond donors (Lipinski definition) is 1. The van der Waals surface area contributed by atoms with Gasteiger partial charge in [-0.3, -0.25) is 0 Å². The van der Waals surface area contributed by atoms with Crippen LogP contribution in [0.2, 0.25) is 0 Å². The highest BCUT2D eigenvalue weighted by Crippen LogP contribution is 2.45. The normalized spacial score (nSPS) is 16.1. The third-order valence-electron chi connectivity index (χ3n) is 3.47. The largest absolute Gasteiger partial charge is 0.494 e. The Balaban J connectivity index is 1.91. The molecule has 1 unspecified atom stereocenters. The van der Waals surface area contributed by atoms with Gasteiger partial charge in [-0.1, -0.05) is 0 Å². The van der Waals surface area contributed by atoms with Crippen LogP contribution < -0.4 is 10.5 Å². The highest BCUT2D eigenvalue weighted by atomic mass is 32.1. The monoisotopic (exact) mass is 288 g/mol. The average molecular weight is 288 g/mol. The zero-order valence-corrected chi connectivity index (χ0v) is 12.7. The van der Waals surface area contributed by atoms with Crippen molar-refractivity contribution in [1.29, 1.82) is 0 Å². The van der Waals surface area contributed by atoms with Gasteiger partial charge >= 0.3 is 0 Å². The van der Waals surface area contributed by atoms with Crippen LogP contribution in [0.4, 0.5) is 0 Å². The van der Waals surface area contributed by atoms with E-state index in [2.05, 4.69) is 12.1 Å². The summed E-state index contributed by atoms with van der Waals surface area (Å²) in [6.45, 7) is 4.73. The highest BCUT2D eigenvalue weighted by Gasteiger charge is 2.30. The van der Waals surface area contributed by atoms with Crippen LogP contribution in [0, 0.1) is 0 Å². The smallest absolute Gasteiger partial charge is 0.123 e. The first-order chi connectivity index (χ1) is 9.69. The Labute approximate surface area is 123 Å². The van der Waals surface area contributed by atoms with Crippen molar-refractivity contribution in [1.82, 2.24) is 4.98 Å². The second-order valence-corrected chi connectivity index (χ2v) is 6.32. The zero-order valence-electron chi connectivity index (χ0n) is 11.9. The summed E-state index contributed by atoms with van der Waals surface area (Å²) in [6.07, 6.45) is 2.51. The Morgan fingerprint density at radius 1 is 1.35 bits per heavy atom. The zero-order chi connectivity index (χ0) is 14.1. The predicted octanol–water partition coefficient (Wildman–Crippen LogP) is 4.11. The molecule has 0 radical (unpaired) electrons. The van der Waals surface area contributed by atoms with Crippen molar-refractivity contribution in [2.75, 3.05) is 6.61 Å². The van der Waals surface area contributed by atoms with E-state index in [1.165, 1.54) is 23.4 Å². The van der Waals surface area contributed by atoms with Crippen molar-refractivity contribution in [3.8, 4) is 16.3 Å². The summed E-state index contributed by atoms with van der Waals surface area (Å²) in [5, 5.41) is 1.07. The molecule has 1 fully saturated rings. The van der Waals surface area contributed by atoms with E-state index in [1.54, 1.807) is 11.3 Å². The number of aromatic nitrogens is 1. The maximum atomic E-state index is 6.09. The topological polar surface area (TPSA) is 48.1 Å². The van der Waals surface area contributed by atoms with Gasteiger partial charge in [0.25, 0.3) is 0 Å². The summed E-state index contributed by atoms with van der Waals surface area (Å²) in [7, 11) is 0. The first-order valence-corrected chi connectivity index (χ1v) is 8.00. The lowest BCUT2D eigenvalue weighted by Crippen LogP contribution is -2.05. The summed E-state index contributed by atoms with van der Waals surface area (Å²) >= 11 is 1.73. The molecular formula is C16H20N2OS. The van der Waals surface area contributed by atoms with Crippen LogP contribution in [-0.4, -0.2) is 11.6 Å². The van der Waals surface area contributed by atoms with Crippen LogP contribution >= 0.6 is 11.3 Å². The van der Waals surface area contributed by atoms with Crippen LogP contribution in [0.25, 0.3) is 10.6 Å². The standard InChI is InChI=1S/C16H20N2OS/c1-3-19-13-8-6-12(7-9-13)16-18-14(11-4-5-11)15(20-16)10(2)17/h6-11H,3-5,17H2,1-2H3. The minimum Gasteiger partial charge on any atom is -0.494 e. The van der Waals surface area contributed by atoms with E-state index < -0.39 is 0 Å². The molecule has 0 saturated heterocycles. The Morgan fingerprint density at radius 2 is 2.05 bits per heavy atom. The second-order valence-electron chi connectivity index (χ2n) is 5.29. The van der Waals surface area contributed by atoms with Crippen LogP contribution in [0.15, 0.2) is 24.3 Å². The predicted molar refractivity (Wildman–Crippen MR) is 83.3 cm³/mol. The molecule has 1 atom stereocenters. The van der Waals surface area contributed by atoms with Gasteiger partial charge in [-0.15, -0.1) is 11.3 Å². The lowest BCUT2D eigenvalue weighted by molar-refractivity contribution is 0.340. The fourth-order valence-electron chi connectivity index (χ4n) is 2.30. The Hall–Kier alpha value is -1.39. The van der Waals surface area contributed by atoms with Crippen molar-refractivity contribution < 1.29 is 4.74 Å². The van der Waals surface area contributed by atoms with E-state index in [0.29, 0.717) is 12.5 Å². The molecule has 1 aromatic carbocycles. The Bertz CT molecular complexity index is 566. The lowest BCUT2D eigenvalue weighted by atomic mass is 10.2. The van der Waals surface area contributed by atoms with E-state index in [-0.39, 0.29) is 6.04 Å². The molecule has 20 heavy (non-hydrogen) atoms. The average Bonchev–Trinajstić information content (AvgIpc) is 3.19. The van der Waals surface area contributed by atoms with Crippen LogP contribution in [-0.2, 0) is 0 Å². The number of hydrogen-bond acceptors (Lipinski definition) is 4. The third kappa shape index (κ3) is 2.72. The third-order valence-corrected chi connectivity index (χ3v) is 4.79. The van der Waals surface area contributed by atoms with Gasteiger partial charge in [-0.2, -0.15) is 0 Å². The minimum absolute atomic E-state index is 0.0690. The molecule has 4 heteroatoms. The van der Waals surface area contributed by atoms with Crippen LogP contribution in [0.3, 0.4) is 0 Å². The van der Waals surface area contributed by atoms with Gasteiger partial charge in [0, 0.05) is 22.4 Å². The molecule has 3 rings (SSSR count). The molecule has 0 aliphatic heterocycles.